The fraction of sp³-hybridized carbons (Fsp3) is 0.214. The summed E-state index contributed by atoms with van der Waals surface area (Å²) in [6.07, 6.45) is 4.34. The molecule has 20 heavy (non-hydrogen) atoms. The van der Waals surface area contributed by atoms with Crippen molar-refractivity contribution in [3.05, 3.63) is 40.9 Å². The van der Waals surface area contributed by atoms with Gasteiger partial charge in [-0.2, -0.15) is 0 Å². The minimum absolute atomic E-state index is 0.227. The van der Waals surface area contributed by atoms with Gasteiger partial charge < -0.3 is 4.57 Å². The highest BCUT2D eigenvalue weighted by Gasteiger charge is 2.14. The van der Waals surface area contributed by atoms with Gasteiger partial charge in [-0.05, 0) is 30.2 Å². The van der Waals surface area contributed by atoms with Crippen LogP contribution >= 0.6 is 23.2 Å². The van der Waals surface area contributed by atoms with Crippen LogP contribution in [0, 0.1) is 0 Å². The Morgan fingerprint density at radius 1 is 1.15 bits per heavy atom. The lowest BCUT2D eigenvalue weighted by molar-refractivity contribution is 0.703. The fourth-order valence-corrected chi connectivity index (χ4v) is 2.60. The first-order chi connectivity index (χ1) is 9.70. The second-order valence-corrected chi connectivity index (χ2v) is 5.18. The number of halogens is 2. The molecule has 0 unspecified atom stereocenters. The van der Waals surface area contributed by atoms with Crippen molar-refractivity contribution < 1.29 is 0 Å². The summed E-state index contributed by atoms with van der Waals surface area (Å²) in [7, 11) is 0. The van der Waals surface area contributed by atoms with Crippen molar-refractivity contribution in [1.82, 2.24) is 19.5 Å². The van der Waals surface area contributed by atoms with E-state index >= 15 is 0 Å². The van der Waals surface area contributed by atoms with Crippen molar-refractivity contribution in [1.29, 1.82) is 0 Å². The maximum Gasteiger partial charge on any atom is 0.222 e. The first-order valence-electron chi connectivity index (χ1n) is 6.33. The van der Waals surface area contributed by atoms with Crippen LogP contribution in [0.3, 0.4) is 0 Å². The average molecular weight is 307 g/mol. The molecule has 0 saturated carbocycles. The van der Waals surface area contributed by atoms with Crippen LogP contribution < -0.4 is 0 Å². The Morgan fingerprint density at radius 2 is 1.90 bits per heavy atom. The van der Waals surface area contributed by atoms with Gasteiger partial charge in [0.2, 0.25) is 5.28 Å². The number of benzene rings is 1. The molecule has 3 rings (SSSR count). The van der Waals surface area contributed by atoms with Gasteiger partial charge in [0, 0.05) is 18.9 Å². The summed E-state index contributed by atoms with van der Waals surface area (Å²) >= 11 is 12.0. The largest absolute Gasteiger partial charge is 0.323 e. The van der Waals surface area contributed by atoms with Crippen LogP contribution in [0.15, 0.2) is 30.6 Å². The lowest BCUT2D eigenvalue weighted by Crippen LogP contribution is -2.00. The molecule has 0 aliphatic carbocycles. The molecule has 0 atom stereocenters. The van der Waals surface area contributed by atoms with E-state index in [0.717, 1.165) is 35.4 Å². The van der Waals surface area contributed by atoms with E-state index in [9.17, 15) is 0 Å². The van der Waals surface area contributed by atoms with E-state index in [1.165, 1.54) is 0 Å². The summed E-state index contributed by atoms with van der Waals surface area (Å²) in [5, 5.41) is 0.925. The first-order valence-corrected chi connectivity index (χ1v) is 7.09. The number of para-hydroxylation sites is 1. The number of aryl methyl sites for hydroxylation is 1. The molecule has 6 heteroatoms. The van der Waals surface area contributed by atoms with E-state index < -0.39 is 0 Å². The number of rotatable bonds is 3. The third-order valence-electron chi connectivity index (χ3n) is 3.04. The van der Waals surface area contributed by atoms with Gasteiger partial charge in [-0.25, -0.2) is 15.0 Å². The second kappa shape index (κ2) is 5.38. The predicted molar refractivity (Wildman–Crippen MR) is 81.1 cm³/mol. The molecule has 1 aromatic carbocycles. The summed E-state index contributed by atoms with van der Waals surface area (Å²) in [5.74, 6) is 0.812. The molecule has 3 aromatic rings. The maximum atomic E-state index is 6.31. The lowest BCUT2D eigenvalue weighted by Gasteiger charge is -2.08. The van der Waals surface area contributed by atoms with E-state index in [4.69, 9.17) is 23.2 Å². The van der Waals surface area contributed by atoms with E-state index in [1.54, 1.807) is 12.4 Å². The molecule has 0 aliphatic rings. The van der Waals surface area contributed by atoms with Gasteiger partial charge in [-0.1, -0.05) is 24.6 Å². The van der Waals surface area contributed by atoms with Crippen molar-refractivity contribution in [2.24, 2.45) is 0 Å². The van der Waals surface area contributed by atoms with Gasteiger partial charge in [-0.15, -0.1) is 0 Å². The standard InChI is InChI=1S/C14H12Cl2N4/c1-2-6-20-12-10(15)4-3-5-11(12)19-13(20)9-7-17-14(16)18-8-9/h3-5,7-8H,2,6H2,1H3. The lowest BCUT2D eigenvalue weighted by atomic mass is 10.3. The zero-order valence-corrected chi connectivity index (χ0v) is 12.4. The van der Waals surface area contributed by atoms with Crippen molar-refractivity contribution in [2.75, 3.05) is 0 Å². The van der Waals surface area contributed by atoms with Gasteiger partial charge in [-0.3, -0.25) is 0 Å². The Bertz CT molecular complexity index is 750. The molecule has 0 spiro atoms. The molecule has 0 fully saturated rings. The summed E-state index contributed by atoms with van der Waals surface area (Å²) in [6.45, 7) is 2.95. The van der Waals surface area contributed by atoms with Gasteiger partial charge in [0.15, 0.2) is 0 Å². The number of aromatic nitrogens is 4. The summed E-state index contributed by atoms with van der Waals surface area (Å²) in [6, 6.07) is 5.73. The van der Waals surface area contributed by atoms with Crippen LogP contribution in [0.5, 0.6) is 0 Å². The molecule has 0 N–H and O–H groups in total. The van der Waals surface area contributed by atoms with Crippen molar-refractivity contribution in [3.8, 4) is 11.4 Å². The monoisotopic (exact) mass is 306 g/mol. The van der Waals surface area contributed by atoms with Crippen molar-refractivity contribution in [3.63, 3.8) is 0 Å². The van der Waals surface area contributed by atoms with E-state index in [1.807, 2.05) is 18.2 Å². The van der Waals surface area contributed by atoms with Crippen molar-refractivity contribution >= 4 is 34.2 Å². The molecule has 0 bridgehead atoms. The quantitative estimate of drug-likeness (QED) is 0.681. The summed E-state index contributed by atoms with van der Waals surface area (Å²) in [5.41, 5.74) is 2.65. The normalized spacial score (nSPS) is 11.2. The van der Waals surface area contributed by atoms with Crippen LogP contribution in [0.4, 0.5) is 0 Å². The van der Waals surface area contributed by atoms with Crippen LogP contribution in [-0.4, -0.2) is 19.5 Å². The average Bonchev–Trinajstić information content (AvgIpc) is 2.80. The minimum Gasteiger partial charge on any atom is -0.323 e. The number of nitrogens with zero attached hydrogens (tertiary/aromatic N) is 4. The van der Waals surface area contributed by atoms with Crippen LogP contribution in [0.2, 0.25) is 10.3 Å². The highest BCUT2D eigenvalue weighted by molar-refractivity contribution is 6.35. The van der Waals surface area contributed by atoms with E-state index in [0.29, 0.717) is 5.02 Å². The molecule has 4 nitrogen and oxygen atoms in total. The Morgan fingerprint density at radius 3 is 2.60 bits per heavy atom. The smallest absolute Gasteiger partial charge is 0.222 e. The molecule has 0 radical (unpaired) electrons. The number of hydrogen-bond acceptors (Lipinski definition) is 3. The Hall–Kier alpha value is -1.65. The Kier molecular flexibility index (Phi) is 3.59. The molecule has 0 amide bonds. The molecule has 102 valence electrons. The molecule has 2 heterocycles. The van der Waals surface area contributed by atoms with E-state index in [2.05, 4.69) is 26.4 Å². The third-order valence-corrected chi connectivity index (χ3v) is 3.54. The zero-order chi connectivity index (χ0) is 14.1. The maximum absolute atomic E-state index is 6.31. The van der Waals surface area contributed by atoms with Gasteiger partial charge in [0.25, 0.3) is 0 Å². The summed E-state index contributed by atoms with van der Waals surface area (Å²) < 4.78 is 2.10. The first kappa shape index (κ1) is 13.3. The molecular formula is C14H12Cl2N4. The third kappa shape index (κ3) is 2.25. The van der Waals surface area contributed by atoms with Gasteiger partial charge >= 0.3 is 0 Å². The SMILES string of the molecule is CCCn1c(-c2cnc(Cl)nc2)nc2cccc(Cl)c21. The van der Waals surface area contributed by atoms with E-state index in [-0.39, 0.29) is 5.28 Å². The van der Waals surface area contributed by atoms with Gasteiger partial charge in [0.1, 0.15) is 5.82 Å². The molecule has 2 aromatic heterocycles. The number of fused-ring (bicyclic) bond motifs is 1. The Labute approximate surface area is 126 Å². The van der Waals surface area contributed by atoms with Gasteiger partial charge in [0.05, 0.1) is 21.6 Å². The summed E-state index contributed by atoms with van der Waals surface area (Å²) in [4.78, 5) is 12.7. The molecule has 0 saturated heterocycles. The zero-order valence-electron chi connectivity index (χ0n) is 10.8. The van der Waals surface area contributed by atoms with Crippen LogP contribution in [-0.2, 0) is 6.54 Å². The highest BCUT2D eigenvalue weighted by Crippen LogP contribution is 2.29. The topological polar surface area (TPSA) is 43.6 Å². The predicted octanol–water partition coefficient (Wildman–Crippen LogP) is 4.21. The second-order valence-electron chi connectivity index (χ2n) is 4.44. The fourth-order valence-electron chi connectivity index (χ4n) is 2.23. The number of hydrogen-bond donors (Lipinski definition) is 0. The van der Waals surface area contributed by atoms with Crippen LogP contribution in [0.1, 0.15) is 13.3 Å². The number of imidazole rings is 1. The highest BCUT2D eigenvalue weighted by atomic mass is 35.5. The minimum atomic E-state index is 0.227. The van der Waals surface area contributed by atoms with Crippen LogP contribution in [0.25, 0.3) is 22.4 Å². The van der Waals surface area contributed by atoms with Crippen molar-refractivity contribution in [2.45, 2.75) is 19.9 Å². The molecular weight excluding hydrogens is 295 g/mol. The molecule has 0 aliphatic heterocycles. The Balaban J connectivity index is 2.26.